The standard InChI is InChI=1S/C14H9Cl2FN2/c1-7-4-8(2-3-11(7)17)14-18-12-5-9(15)10(16)6-13(12)19-14/h2-6H,1H3,(H,18,19). The largest absolute Gasteiger partial charge is 0.338 e. The van der Waals surface area contributed by atoms with Crippen molar-refractivity contribution in [2.45, 2.75) is 6.92 Å². The number of imidazole rings is 1. The maximum absolute atomic E-state index is 13.3. The van der Waals surface area contributed by atoms with Gasteiger partial charge >= 0.3 is 0 Å². The number of aromatic nitrogens is 2. The third-order valence-electron chi connectivity index (χ3n) is 2.96. The van der Waals surface area contributed by atoms with E-state index < -0.39 is 0 Å². The average molecular weight is 295 g/mol. The third kappa shape index (κ3) is 2.20. The van der Waals surface area contributed by atoms with Crippen molar-refractivity contribution in [1.29, 1.82) is 0 Å². The molecule has 0 spiro atoms. The van der Waals surface area contributed by atoms with Gasteiger partial charge in [-0.2, -0.15) is 0 Å². The van der Waals surface area contributed by atoms with Crippen molar-refractivity contribution >= 4 is 34.2 Å². The summed E-state index contributed by atoms with van der Waals surface area (Å²) in [5, 5.41) is 0.933. The van der Waals surface area contributed by atoms with Gasteiger partial charge in [-0.15, -0.1) is 0 Å². The Balaban J connectivity index is 2.17. The second-order valence-corrected chi connectivity index (χ2v) is 5.15. The molecule has 0 aliphatic rings. The van der Waals surface area contributed by atoms with Crippen LogP contribution >= 0.6 is 23.2 Å². The number of rotatable bonds is 1. The quantitative estimate of drug-likeness (QED) is 0.673. The van der Waals surface area contributed by atoms with E-state index in [-0.39, 0.29) is 5.82 Å². The lowest BCUT2D eigenvalue weighted by Gasteiger charge is -1.99. The number of hydrogen-bond acceptors (Lipinski definition) is 1. The molecule has 1 aromatic heterocycles. The second kappa shape index (κ2) is 4.51. The van der Waals surface area contributed by atoms with Crippen molar-refractivity contribution in [3.8, 4) is 11.4 Å². The molecule has 0 aliphatic heterocycles. The van der Waals surface area contributed by atoms with E-state index in [0.29, 0.717) is 21.4 Å². The van der Waals surface area contributed by atoms with Crippen molar-refractivity contribution < 1.29 is 4.39 Å². The minimum Gasteiger partial charge on any atom is -0.338 e. The summed E-state index contributed by atoms with van der Waals surface area (Å²) >= 11 is 11.9. The summed E-state index contributed by atoms with van der Waals surface area (Å²) in [6, 6.07) is 8.29. The molecule has 0 saturated carbocycles. The zero-order valence-corrected chi connectivity index (χ0v) is 11.5. The molecular weight excluding hydrogens is 286 g/mol. The first kappa shape index (κ1) is 12.5. The van der Waals surface area contributed by atoms with E-state index in [1.807, 2.05) is 0 Å². The molecule has 0 fully saturated rings. The van der Waals surface area contributed by atoms with Crippen LogP contribution in [0.1, 0.15) is 5.56 Å². The van der Waals surface area contributed by atoms with Gasteiger partial charge in [0.1, 0.15) is 11.6 Å². The zero-order chi connectivity index (χ0) is 13.6. The van der Waals surface area contributed by atoms with Gasteiger partial charge in [0.25, 0.3) is 0 Å². The topological polar surface area (TPSA) is 28.7 Å². The lowest BCUT2D eigenvalue weighted by Crippen LogP contribution is -1.85. The molecule has 0 saturated heterocycles. The maximum atomic E-state index is 13.3. The van der Waals surface area contributed by atoms with Gasteiger partial charge in [-0.1, -0.05) is 23.2 Å². The van der Waals surface area contributed by atoms with E-state index in [1.54, 1.807) is 31.2 Å². The normalized spacial score (nSPS) is 11.2. The van der Waals surface area contributed by atoms with Crippen LogP contribution in [0.4, 0.5) is 4.39 Å². The molecule has 1 N–H and O–H groups in total. The summed E-state index contributed by atoms with van der Waals surface area (Å²) in [5.41, 5.74) is 2.93. The summed E-state index contributed by atoms with van der Waals surface area (Å²) < 4.78 is 13.3. The maximum Gasteiger partial charge on any atom is 0.138 e. The number of aryl methyl sites for hydroxylation is 1. The van der Waals surface area contributed by atoms with Gasteiger partial charge in [0.05, 0.1) is 21.1 Å². The smallest absolute Gasteiger partial charge is 0.138 e. The van der Waals surface area contributed by atoms with E-state index in [0.717, 1.165) is 16.6 Å². The first-order valence-corrected chi connectivity index (χ1v) is 6.41. The van der Waals surface area contributed by atoms with Gasteiger partial charge in [-0.3, -0.25) is 0 Å². The number of fused-ring (bicyclic) bond motifs is 1. The predicted molar refractivity (Wildman–Crippen MR) is 76.2 cm³/mol. The fourth-order valence-corrected chi connectivity index (χ4v) is 2.26. The molecule has 0 aliphatic carbocycles. The van der Waals surface area contributed by atoms with Gasteiger partial charge < -0.3 is 4.98 Å². The van der Waals surface area contributed by atoms with Crippen LogP contribution in [0.5, 0.6) is 0 Å². The van der Waals surface area contributed by atoms with Gasteiger partial charge in [0.15, 0.2) is 0 Å². The number of halogens is 3. The Kier molecular flexibility index (Phi) is 2.96. The van der Waals surface area contributed by atoms with Crippen LogP contribution in [0, 0.1) is 12.7 Å². The van der Waals surface area contributed by atoms with Gasteiger partial charge in [-0.25, -0.2) is 9.37 Å². The van der Waals surface area contributed by atoms with E-state index in [9.17, 15) is 4.39 Å². The van der Waals surface area contributed by atoms with Crippen LogP contribution in [-0.2, 0) is 0 Å². The molecule has 3 rings (SSSR count). The van der Waals surface area contributed by atoms with Crippen LogP contribution in [0.3, 0.4) is 0 Å². The van der Waals surface area contributed by atoms with E-state index in [4.69, 9.17) is 23.2 Å². The minimum atomic E-state index is -0.231. The zero-order valence-electron chi connectivity index (χ0n) is 9.97. The summed E-state index contributed by atoms with van der Waals surface area (Å²) in [4.78, 5) is 7.58. The number of benzene rings is 2. The Labute approximate surface area is 119 Å². The number of nitrogens with zero attached hydrogens (tertiary/aromatic N) is 1. The first-order chi connectivity index (χ1) is 9.04. The van der Waals surface area contributed by atoms with Crippen LogP contribution in [0.15, 0.2) is 30.3 Å². The van der Waals surface area contributed by atoms with Crippen LogP contribution in [0.2, 0.25) is 10.0 Å². The Morgan fingerprint density at radius 2 is 1.84 bits per heavy atom. The molecule has 2 nitrogen and oxygen atoms in total. The fraction of sp³-hybridized carbons (Fsp3) is 0.0714. The lowest BCUT2D eigenvalue weighted by molar-refractivity contribution is 0.618. The number of nitrogens with one attached hydrogen (secondary N) is 1. The molecule has 5 heteroatoms. The van der Waals surface area contributed by atoms with Crippen molar-refractivity contribution in [2.75, 3.05) is 0 Å². The van der Waals surface area contributed by atoms with E-state index >= 15 is 0 Å². The van der Waals surface area contributed by atoms with Crippen molar-refractivity contribution in [2.24, 2.45) is 0 Å². The molecule has 19 heavy (non-hydrogen) atoms. The Hall–Kier alpha value is -1.58. The SMILES string of the molecule is Cc1cc(-c2nc3cc(Cl)c(Cl)cc3[nH]2)ccc1F. The highest BCUT2D eigenvalue weighted by molar-refractivity contribution is 6.42. The number of aromatic amines is 1. The summed E-state index contributed by atoms with van der Waals surface area (Å²) in [7, 11) is 0. The van der Waals surface area contributed by atoms with Crippen LogP contribution in [0.25, 0.3) is 22.4 Å². The highest BCUT2D eigenvalue weighted by atomic mass is 35.5. The van der Waals surface area contributed by atoms with Crippen molar-refractivity contribution in [1.82, 2.24) is 9.97 Å². The van der Waals surface area contributed by atoms with Gasteiger partial charge in [0.2, 0.25) is 0 Å². The molecule has 0 atom stereocenters. The monoisotopic (exact) mass is 294 g/mol. The summed E-state index contributed by atoms with van der Waals surface area (Å²) in [6.07, 6.45) is 0. The molecule has 3 aromatic rings. The second-order valence-electron chi connectivity index (χ2n) is 4.33. The van der Waals surface area contributed by atoms with Gasteiger partial charge in [0, 0.05) is 5.56 Å². The summed E-state index contributed by atoms with van der Waals surface area (Å²) in [6.45, 7) is 1.72. The molecule has 0 amide bonds. The number of hydrogen-bond donors (Lipinski definition) is 1. The van der Waals surface area contributed by atoms with E-state index in [2.05, 4.69) is 9.97 Å². The molecular formula is C14H9Cl2FN2. The molecule has 0 radical (unpaired) electrons. The highest BCUT2D eigenvalue weighted by Gasteiger charge is 2.09. The lowest BCUT2D eigenvalue weighted by atomic mass is 10.1. The minimum absolute atomic E-state index is 0.231. The predicted octanol–water partition coefficient (Wildman–Crippen LogP) is 4.98. The molecule has 0 bridgehead atoms. The number of H-pyrrole nitrogens is 1. The van der Waals surface area contributed by atoms with E-state index in [1.165, 1.54) is 6.07 Å². The Bertz CT molecular complexity index is 741. The first-order valence-electron chi connectivity index (χ1n) is 5.66. The van der Waals surface area contributed by atoms with Crippen LogP contribution in [-0.4, -0.2) is 9.97 Å². The fourth-order valence-electron chi connectivity index (χ4n) is 1.93. The molecule has 0 unspecified atom stereocenters. The molecule has 2 aromatic carbocycles. The Morgan fingerprint density at radius 1 is 1.11 bits per heavy atom. The third-order valence-corrected chi connectivity index (χ3v) is 3.68. The van der Waals surface area contributed by atoms with Crippen molar-refractivity contribution in [3.05, 3.63) is 51.8 Å². The molecule has 1 heterocycles. The summed E-state index contributed by atoms with van der Waals surface area (Å²) in [5.74, 6) is 0.433. The Morgan fingerprint density at radius 3 is 2.58 bits per heavy atom. The van der Waals surface area contributed by atoms with Crippen LogP contribution < -0.4 is 0 Å². The average Bonchev–Trinajstić information content (AvgIpc) is 2.76. The molecule has 96 valence electrons. The highest BCUT2D eigenvalue weighted by Crippen LogP contribution is 2.29. The van der Waals surface area contributed by atoms with Crippen molar-refractivity contribution in [3.63, 3.8) is 0 Å². The van der Waals surface area contributed by atoms with Gasteiger partial charge in [-0.05, 0) is 42.8 Å².